The average Bonchev–Trinajstić information content (AvgIpc) is 3.25. The third kappa shape index (κ3) is 5.10. The molecule has 0 bridgehead atoms. The van der Waals surface area contributed by atoms with Gasteiger partial charge in [-0.2, -0.15) is 13.2 Å². The zero-order valence-corrected chi connectivity index (χ0v) is 18.5. The number of hydrogen-bond acceptors (Lipinski definition) is 5. The number of halogens is 4. The molecule has 0 radical (unpaired) electrons. The Morgan fingerprint density at radius 3 is 2.67 bits per heavy atom. The van der Waals surface area contributed by atoms with Crippen LogP contribution in [0.3, 0.4) is 0 Å². The maximum Gasteiger partial charge on any atom is 0.425 e. The van der Waals surface area contributed by atoms with Gasteiger partial charge in [0.05, 0.1) is 13.2 Å². The van der Waals surface area contributed by atoms with Crippen LogP contribution < -0.4 is 5.32 Å². The van der Waals surface area contributed by atoms with Gasteiger partial charge in [-0.05, 0) is 54.3 Å². The molecular weight excluding hydrogens is 460 g/mol. The van der Waals surface area contributed by atoms with Crippen molar-refractivity contribution in [2.24, 2.45) is 4.99 Å². The van der Waals surface area contributed by atoms with Crippen molar-refractivity contribution in [2.75, 3.05) is 13.1 Å². The van der Waals surface area contributed by atoms with Gasteiger partial charge in [-0.3, -0.25) is 9.80 Å². The summed E-state index contributed by atoms with van der Waals surface area (Å²) < 4.78 is 52.0. The summed E-state index contributed by atoms with van der Waals surface area (Å²) in [5.74, 6) is 0.0129. The fourth-order valence-corrected chi connectivity index (χ4v) is 4.77. The Morgan fingerprint density at radius 2 is 2.06 bits per heavy atom. The highest BCUT2D eigenvalue weighted by atomic mass is 32.1. The van der Waals surface area contributed by atoms with Gasteiger partial charge in [0, 0.05) is 18.0 Å². The molecule has 1 atom stereocenters. The van der Waals surface area contributed by atoms with Crippen LogP contribution in [-0.4, -0.2) is 46.2 Å². The van der Waals surface area contributed by atoms with E-state index in [2.05, 4.69) is 10.3 Å². The average molecular weight is 483 g/mol. The summed E-state index contributed by atoms with van der Waals surface area (Å²) in [5, 5.41) is 12.3. The van der Waals surface area contributed by atoms with Gasteiger partial charge in [-0.25, -0.2) is 14.2 Å². The van der Waals surface area contributed by atoms with Crippen molar-refractivity contribution in [3.8, 4) is 0 Å². The molecule has 1 unspecified atom stereocenters. The smallest absolute Gasteiger partial charge is 0.392 e. The molecule has 176 valence electrons. The molecule has 0 saturated heterocycles. The number of rotatable bonds is 5. The molecule has 2 aliphatic heterocycles. The Kier molecular flexibility index (Phi) is 6.55. The van der Waals surface area contributed by atoms with E-state index < -0.39 is 29.2 Å². The number of alkyl halides is 3. The fourth-order valence-electron chi connectivity index (χ4n) is 3.90. The lowest BCUT2D eigenvalue weighted by Gasteiger charge is -2.37. The fraction of sp³-hybridized carbons (Fsp3) is 0.364. The highest BCUT2D eigenvalue weighted by Gasteiger charge is 2.34. The third-order valence-electron chi connectivity index (χ3n) is 5.62. The van der Waals surface area contributed by atoms with Crippen LogP contribution >= 0.6 is 11.3 Å². The molecule has 1 aromatic carbocycles. The van der Waals surface area contributed by atoms with Crippen LogP contribution in [0.1, 0.15) is 34.2 Å². The molecule has 2 aliphatic rings. The largest absolute Gasteiger partial charge is 0.425 e. The van der Waals surface area contributed by atoms with E-state index in [1.165, 1.54) is 23.1 Å². The lowest BCUT2D eigenvalue weighted by Crippen LogP contribution is -2.57. The van der Waals surface area contributed by atoms with E-state index >= 15 is 0 Å². The Bertz CT molecular complexity index is 1110. The number of nitrogens with zero attached hydrogens (tertiary/aromatic N) is 3. The lowest BCUT2D eigenvalue weighted by molar-refractivity contribution is -0.134. The molecule has 0 spiro atoms. The van der Waals surface area contributed by atoms with Gasteiger partial charge >= 0.3 is 12.2 Å². The molecule has 3 heterocycles. The van der Waals surface area contributed by atoms with E-state index in [9.17, 15) is 27.5 Å². The second-order valence-electron chi connectivity index (χ2n) is 7.78. The van der Waals surface area contributed by atoms with Crippen LogP contribution in [0.5, 0.6) is 0 Å². The van der Waals surface area contributed by atoms with Crippen molar-refractivity contribution in [2.45, 2.75) is 39.0 Å². The maximum absolute atomic E-state index is 13.5. The first-order valence-corrected chi connectivity index (χ1v) is 11.1. The predicted octanol–water partition coefficient (Wildman–Crippen LogP) is 4.41. The van der Waals surface area contributed by atoms with Crippen LogP contribution in [-0.2, 0) is 19.3 Å². The highest BCUT2D eigenvalue weighted by Crippen LogP contribution is 2.35. The standard InChI is InChI=1S/C22H22F4N4O2S/c1-13-27-20(28-21(32)30(13)11-17-3-5-19(33-17)22(24,25)26)29-8-6-14(7-9-29)18-4-2-16(23)10-15(18)12-31/h2-6,10,20,31H,7-9,11-12H2,1H3,(H,28,32). The van der Waals surface area contributed by atoms with Crippen molar-refractivity contribution in [3.63, 3.8) is 0 Å². The van der Waals surface area contributed by atoms with Crippen LogP contribution in [0.4, 0.5) is 22.4 Å². The summed E-state index contributed by atoms with van der Waals surface area (Å²) in [4.78, 5) is 20.2. The van der Waals surface area contributed by atoms with Gasteiger partial charge in [0.2, 0.25) is 0 Å². The normalized spacial score (nSPS) is 19.9. The van der Waals surface area contributed by atoms with Gasteiger partial charge in [0.25, 0.3) is 0 Å². The number of aliphatic hydroxyl groups excluding tert-OH is 1. The first-order chi connectivity index (χ1) is 15.7. The molecule has 2 aromatic rings. The number of amidine groups is 1. The molecule has 0 fully saturated rings. The summed E-state index contributed by atoms with van der Waals surface area (Å²) in [7, 11) is 0. The molecule has 6 nitrogen and oxygen atoms in total. The molecule has 0 saturated carbocycles. The van der Waals surface area contributed by atoms with E-state index in [1.54, 1.807) is 13.0 Å². The van der Waals surface area contributed by atoms with Crippen molar-refractivity contribution < 1.29 is 27.5 Å². The van der Waals surface area contributed by atoms with Crippen LogP contribution in [0.15, 0.2) is 41.4 Å². The Hall–Kier alpha value is -2.76. The summed E-state index contributed by atoms with van der Waals surface area (Å²) >= 11 is 0.607. The van der Waals surface area contributed by atoms with Crippen molar-refractivity contribution in [1.82, 2.24) is 15.1 Å². The van der Waals surface area contributed by atoms with Crippen molar-refractivity contribution in [1.29, 1.82) is 0 Å². The molecule has 4 rings (SSSR count). The minimum atomic E-state index is -4.41. The van der Waals surface area contributed by atoms with Crippen LogP contribution in [0, 0.1) is 5.82 Å². The second kappa shape index (κ2) is 9.24. The Morgan fingerprint density at radius 1 is 1.27 bits per heavy atom. The van der Waals surface area contributed by atoms with Crippen molar-refractivity contribution >= 4 is 28.8 Å². The predicted molar refractivity (Wildman–Crippen MR) is 117 cm³/mol. The minimum Gasteiger partial charge on any atom is -0.392 e. The number of hydrogen-bond donors (Lipinski definition) is 2. The summed E-state index contributed by atoms with van der Waals surface area (Å²) in [6.45, 7) is 2.46. The number of carbonyl (C=O) groups excluding carboxylic acids is 1. The number of urea groups is 1. The summed E-state index contributed by atoms with van der Waals surface area (Å²) in [6, 6.07) is 6.28. The zero-order chi connectivity index (χ0) is 23.8. The summed E-state index contributed by atoms with van der Waals surface area (Å²) in [6.07, 6.45) is -2.41. The quantitative estimate of drug-likeness (QED) is 0.621. The number of thiophene rings is 1. The third-order valence-corrected chi connectivity index (χ3v) is 6.74. The maximum atomic E-state index is 13.5. The Labute approximate surface area is 191 Å². The summed E-state index contributed by atoms with van der Waals surface area (Å²) in [5.41, 5.74) is 2.30. The molecule has 2 N–H and O–H groups in total. The van der Waals surface area contributed by atoms with E-state index in [-0.39, 0.29) is 13.2 Å². The lowest BCUT2D eigenvalue weighted by atomic mass is 9.95. The molecular formula is C22H22F4N4O2S. The molecule has 2 amide bonds. The number of amides is 2. The van der Waals surface area contributed by atoms with Crippen LogP contribution in [0.25, 0.3) is 5.57 Å². The van der Waals surface area contributed by atoms with E-state index in [1.807, 2.05) is 11.0 Å². The molecule has 33 heavy (non-hydrogen) atoms. The van der Waals surface area contributed by atoms with Gasteiger partial charge in [-0.15, -0.1) is 11.3 Å². The van der Waals surface area contributed by atoms with E-state index in [0.29, 0.717) is 47.1 Å². The molecule has 11 heteroatoms. The number of benzene rings is 1. The molecule has 0 aliphatic carbocycles. The minimum absolute atomic E-state index is 0.00713. The van der Waals surface area contributed by atoms with Gasteiger partial charge in [0.15, 0.2) is 6.29 Å². The van der Waals surface area contributed by atoms with Crippen LogP contribution in [0.2, 0.25) is 0 Å². The Balaban J connectivity index is 1.44. The number of aliphatic hydroxyl groups is 1. The number of aliphatic imine (C=N–C) groups is 1. The molecule has 1 aromatic heterocycles. The van der Waals surface area contributed by atoms with E-state index in [0.717, 1.165) is 17.2 Å². The first kappa shape index (κ1) is 23.4. The topological polar surface area (TPSA) is 68.2 Å². The highest BCUT2D eigenvalue weighted by molar-refractivity contribution is 7.12. The zero-order valence-electron chi connectivity index (χ0n) is 17.7. The second-order valence-corrected chi connectivity index (χ2v) is 8.95. The van der Waals surface area contributed by atoms with Gasteiger partial charge < -0.3 is 10.4 Å². The van der Waals surface area contributed by atoms with Gasteiger partial charge in [-0.1, -0.05) is 12.1 Å². The van der Waals surface area contributed by atoms with E-state index in [4.69, 9.17) is 0 Å². The first-order valence-electron chi connectivity index (χ1n) is 10.3. The number of carbonyl (C=O) groups is 1. The van der Waals surface area contributed by atoms with Crippen molar-refractivity contribution in [3.05, 3.63) is 63.1 Å². The SMILES string of the molecule is CC1=NC(N2CC=C(c3ccc(F)cc3CO)CC2)NC(=O)N1Cc1ccc(C(F)(F)F)s1. The number of nitrogens with one attached hydrogen (secondary N) is 1. The van der Waals surface area contributed by atoms with Gasteiger partial charge in [0.1, 0.15) is 16.5 Å². The monoisotopic (exact) mass is 482 g/mol.